The van der Waals surface area contributed by atoms with Crippen molar-refractivity contribution in [1.29, 1.82) is 0 Å². The SMILES string of the molecule is CC(C)CCNC(N)=NCc1ccc(Cn2ccnc2)cc1.I. The first-order valence-corrected chi connectivity index (χ1v) is 7.71. The van der Waals surface area contributed by atoms with Crippen LogP contribution in [0, 0.1) is 5.92 Å². The lowest BCUT2D eigenvalue weighted by atomic mass is 10.1. The van der Waals surface area contributed by atoms with Crippen molar-refractivity contribution in [2.45, 2.75) is 33.4 Å². The summed E-state index contributed by atoms with van der Waals surface area (Å²) in [5.41, 5.74) is 8.26. The number of aromatic nitrogens is 2. The monoisotopic (exact) mass is 427 g/mol. The molecule has 0 aliphatic carbocycles. The summed E-state index contributed by atoms with van der Waals surface area (Å²) in [4.78, 5) is 8.41. The van der Waals surface area contributed by atoms with E-state index in [9.17, 15) is 0 Å². The van der Waals surface area contributed by atoms with E-state index in [1.54, 1.807) is 6.20 Å². The second-order valence-corrected chi connectivity index (χ2v) is 5.86. The standard InChI is InChI=1S/C17H25N5.HI/c1-14(2)7-8-20-17(18)21-11-15-3-5-16(6-4-15)12-22-10-9-19-13-22;/h3-6,9-10,13-14H,7-8,11-12H2,1-2H3,(H3,18,20,21);1H. The largest absolute Gasteiger partial charge is 0.370 e. The van der Waals surface area contributed by atoms with Gasteiger partial charge >= 0.3 is 0 Å². The second-order valence-electron chi connectivity index (χ2n) is 5.86. The van der Waals surface area contributed by atoms with Crippen molar-refractivity contribution in [2.24, 2.45) is 16.6 Å². The Labute approximate surface area is 155 Å². The molecule has 5 nitrogen and oxygen atoms in total. The molecule has 1 heterocycles. The number of benzene rings is 1. The molecular weight excluding hydrogens is 401 g/mol. The predicted molar refractivity (Wildman–Crippen MR) is 106 cm³/mol. The average molecular weight is 427 g/mol. The summed E-state index contributed by atoms with van der Waals surface area (Å²) in [6, 6.07) is 8.43. The summed E-state index contributed by atoms with van der Waals surface area (Å²) >= 11 is 0. The van der Waals surface area contributed by atoms with Crippen molar-refractivity contribution in [3.8, 4) is 0 Å². The summed E-state index contributed by atoms with van der Waals surface area (Å²) in [6.45, 7) is 6.70. The van der Waals surface area contributed by atoms with Gasteiger partial charge in [-0.2, -0.15) is 0 Å². The van der Waals surface area contributed by atoms with Gasteiger partial charge in [0.2, 0.25) is 0 Å². The van der Waals surface area contributed by atoms with Crippen LogP contribution in [0.5, 0.6) is 0 Å². The van der Waals surface area contributed by atoms with Gasteiger partial charge in [0.05, 0.1) is 12.9 Å². The molecule has 2 aromatic rings. The number of aliphatic imine (C=N–C) groups is 1. The number of nitrogens with zero attached hydrogens (tertiary/aromatic N) is 3. The number of guanidine groups is 1. The van der Waals surface area contributed by atoms with Crippen LogP contribution in [-0.2, 0) is 13.1 Å². The highest BCUT2D eigenvalue weighted by molar-refractivity contribution is 14.0. The van der Waals surface area contributed by atoms with Gasteiger partial charge < -0.3 is 15.6 Å². The smallest absolute Gasteiger partial charge is 0.188 e. The van der Waals surface area contributed by atoms with E-state index in [-0.39, 0.29) is 24.0 Å². The van der Waals surface area contributed by atoms with Crippen LogP contribution in [0.1, 0.15) is 31.4 Å². The van der Waals surface area contributed by atoms with E-state index >= 15 is 0 Å². The van der Waals surface area contributed by atoms with Crippen LogP contribution in [0.25, 0.3) is 0 Å². The number of hydrogen-bond donors (Lipinski definition) is 2. The fourth-order valence-corrected chi connectivity index (χ4v) is 2.06. The lowest BCUT2D eigenvalue weighted by Gasteiger charge is -2.08. The molecule has 0 saturated carbocycles. The fourth-order valence-electron chi connectivity index (χ4n) is 2.06. The van der Waals surface area contributed by atoms with Gasteiger partial charge in [-0.3, -0.25) is 0 Å². The minimum Gasteiger partial charge on any atom is -0.370 e. The molecule has 0 unspecified atom stereocenters. The van der Waals surface area contributed by atoms with Crippen molar-refractivity contribution in [1.82, 2.24) is 14.9 Å². The molecule has 0 amide bonds. The topological polar surface area (TPSA) is 68.2 Å². The van der Waals surface area contributed by atoms with Gasteiger partial charge in [0.15, 0.2) is 5.96 Å². The van der Waals surface area contributed by atoms with E-state index in [4.69, 9.17) is 5.73 Å². The molecule has 2 rings (SSSR count). The maximum atomic E-state index is 5.86. The Morgan fingerprint density at radius 1 is 1.26 bits per heavy atom. The van der Waals surface area contributed by atoms with Crippen LogP contribution in [-0.4, -0.2) is 22.1 Å². The molecule has 126 valence electrons. The van der Waals surface area contributed by atoms with E-state index in [0.717, 1.165) is 25.1 Å². The molecule has 0 aliphatic heterocycles. The molecule has 1 aromatic heterocycles. The minimum absolute atomic E-state index is 0. The first-order chi connectivity index (χ1) is 10.6. The Hall–Kier alpha value is -1.57. The highest BCUT2D eigenvalue weighted by Gasteiger charge is 1.98. The summed E-state index contributed by atoms with van der Waals surface area (Å²) < 4.78 is 2.05. The molecule has 0 radical (unpaired) electrons. The molecular formula is C17H26IN5. The van der Waals surface area contributed by atoms with Gasteiger partial charge in [-0.25, -0.2) is 9.98 Å². The summed E-state index contributed by atoms with van der Waals surface area (Å²) in [6.07, 6.45) is 6.67. The first-order valence-electron chi connectivity index (χ1n) is 7.71. The van der Waals surface area contributed by atoms with Gasteiger partial charge in [-0.1, -0.05) is 38.1 Å². The van der Waals surface area contributed by atoms with Crippen LogP contribution in [0.15, 0.2) is 48.0 Å². The minimum atomic E-state index is 0. The molecule has 6 heteroatoms. The van der Waals surface area contributed by atoms with E-state index in [1.807, 2.05) is 17.1 Å². The third-order valence-electron chi connectivity index (χ3n) is 3.41. The Morgan fingerprint density at radius 2 is 1.96 bits per heavy atom. The van der Waals surface area contributed by atoms with E-state index in [1.165, 1.54) is 5.56 Å². The number of rotatable bonds is 7. The van der Waals surface area contributed by atoms with Crippen molar-refractivity contribution in [2.75, 3.05) is 6.54 Å². The molecule has 3 N–H and O–H groups in total. The van der Waals surface area contributed by atoms with Crippen molar-refractivity contribution < 1.29 is 0 Å². The maximum absolute atomic E-state index is 5.86. The van der Waals surface area contributed by atoms with Gasteiger partial charge in [0, 0.05) is 25.5 Å². The van der Waals surface area contributed by atoms with Crippen molar-refractivity contribution in [3.05, 3.63) is 54.1 Å². The highest BCUT2D eigenvalue weighted by Crippen LogP contribution is 2.07. The quantitative estimate of drug-likeness (QED) is 0.406. The van der Waals surface area contributed by atoms with Gasteiger partial charge in [-0.15, -0.1) is 24.0 Å². The zero-order valence-electron chi connectivity index (χ0n) is 13.8. The second kappa shape index (κ2) is 10.3. The molecule has 1 aromatic carbocycles. The van der Waals surface area contributed by atoms with Gasteiger partial charge in [0.25, 0.3) is 0 Å². The summed E-state index contributed by atoms with van der Waals surface area (Å²) in [5.74, 6) is 1.19. The Morgan fingerprint density at radius 3 is 2.57 bits per heavy atom. The van der Waals surface area contributed by atoms with Crippen molar-refractivity contribution in [3.63, 3.8) is 0 Å². The Balaban J connectivity index is 0.00000264. The summed E-state index contributed by atoms with van der Waals surface area (Å²) in [5, 5.41) is 3.14. The number of hydrogen-bond acceptors (Lipinski definition) is 2. The molecule has 0 bridgehead atoms. The molecule has 23 heavy (non-hydrogen) atoms. The van der Waals surface area contributed by atoms with Crippen LogP contribution < -0.4 is 11.1 Å². The number of imidazole rings is 1. The van der Waals surface area contributed by atoms with Crippen LogP contribution in [0.2, 0.25) is 0 Å². The molecule has 0 atom stereocenters. The van der Waals surface area contributed by atoms with Crippen molar-refractivity contribution >= 4 is 29.9 Å². The average Bonchev–Trinajstić information content (AvgIpc) is 2.99. The Kier molecular flexibility index (Phi) is 8.68. The lowest BCUT2D eigenvalue weighted by molar-refractivity contribution is 0.576. The maximum Gasteiger partial charge on any atom is 0.188 e. The zero-order chi connectivity index (χ0) is 15.8. The molecule has 0 spiro atoms. The lowest BCUT2D eigenvalue weighted by Crippen LogP contribution is -2.32. The number of nitrogens with two attached hydrogens (primary N) is 1. The van der Waals surface area contributed by atoms with Crippen LogP contribution in [0.3, 0.4) is 0 Å². The predicted octanol–water partition coefficient (Wildman–Crippen LogP) is 3.00. The number of halogens is 1. The van der Waals surface area contributed by atoms with Gasteiger partial charge in [-0.05, 0) is 23.5 Å². The third kappa shape index (κ3) is 7.49. The van der Waals surface area contributed by atoms with E-state index < -0.39 is 0 Å². The fraction of sp³-hybridized carbons (Fsp3) is 0.412. The molecule has 0 fully saturated rings. The molecule has 0 saturated heterocycles. The zero-order valence-corrected chi connectivity index (χ0v) is 16.1. The highest BCUT2D eigenvalue weighted by atomic mass is 127. The third-order valence-corrected chi connectivity index (χ3v) is 3.41. The Bertz CT molecular complexity index is 576. The number of nitrogens with one attached hydrogen (secondary N) is 1. The van der Waals surface area contributed by atoms with Crippen LogP contribution in [0.4, 0.5) is 0 Å². The first kappa shape index (κ1) is 19.5. The van der Waals surface area contributed by atoms with E-state index in [0.29, 0.717) is 18.4 Å². The summed E-state index contributed by atoms with van der Waals surface area (Å²) in [7, 11) is 0. The van der Waals surface area contributed by atoms with Gasteiger partial charge in [0.1, 0.15) is 0 Å². The van der Waals surface area contributed by atoms with E-state index in [2.05, 4.69) is 53.4 Å². The molecule has 0 aliphatic rings. The normalized spacial score (nSPS) is 11.3. The van der Waals surface area contributed by atoms with Crippen LogP contribution >= 0.6 is 24.0 Å².